The molecule has 7 heteroatoms. The number of carbonyl (C=O) groups excluding carboxylic acids is 1. The van der Waals surface area contributed by atoms with Crippen molar-refractivity contribution >= 4 is 5.91 Å². The van der Waals surface area contributed by atoms with E-state index >= 15 is 0 Å². The average Bonchev–Trinajstić information content (AvgIpc) is 3.00. The monoisotopic (exact) mass is 426 g/mol. The Labute approximate surface area is 184 Å². The van der Waals surface area contributed by atoms with Crippen molar-refractivity contribution in [1.82, 2.24) is 19.6 Å². The van der Waals surface area contributed by atoms with Crippen molar-refractivity contribution in [3.8, 4) is 0 Å². The van der Waals surface area contributed by atoms with Gasteiger partial charge in [-0.15, -0.1) is 0 Å². The van der Waals surface area contributed by atoms with E-state index in [4.69, 9.17) is 9.47 Å². The van der Waals surface area contributed by atoms with Gasteiger partial charge in [0.15, 0.2) is 0 Å². The molecule has 1 amide bonds. The number of aryl methyl sites for hydroxylation is 2. The largest absolute Gasteiger partial charge is 0.381 e. The number of rotatable bonds is 7. The van der Waals surface area contributed by atoms with E-state index < -0.39 is 0 Å². The molecule has 0 saturated carbocycles. The Balaban J connectivity index is 1.45. The maximum absolute atomic E-state index is 13.2. The van der Waals surface area contributed by atoms with Crippen LogP contribution >= 0.6 is 0 Å². The highest BCUT2D eigenvalue weighted by Gasteiger charge is 2.30. The predicted molar refractivity (Wildman–Crippen MR) is 118 cm³/mol. The molecular weight excluding hydrogens is 392 g/mol. The number of hydrogen-bond donors (Lipinski definition) is 0. The second kappa shape index (κ2) is 10.4. The third kappa shape index (κ3) is 6.15. The molecule has 168 valence electrons. The Morgan fingerprint density at radius 2 is 1.94 bits per heavy atom. The molecule has 1 aromatic carbocycles. The molecule has 2 saturated heterocycles. The van der Waals surface area contributed by atoms with Gasteiger partial charge >= 0.3 is 0 Å². The van der Waals surface area contributed by atoms with E-state index in [0.29, 0.717) is 32.2 Å². The summed E-state index contributed by atoms with van der Waals surface area (Å²) in [6.07, 6.45) is 4.07. The predicted octanol–water partition coefficient (Wildman–Crippen LogP) is 2.38. The fourth-order valence-electron chi connectivity index (χ4n) is 4.53. The van der Waals surface area contributed by atoms with Gasteiger partial charge in [-0.3, -0.25) is 14.4 Å². The third-order valence-electron chi connectivity index (χ3n) is 6.25. The summed E-state index contributed by atoms with van der Waals surface area (Å²) in [6.45, 7) is 7.49. The van der Waals surface area contributed by atoms with Crippen LogP contribution in [0.25, 0.3) is 0 Å². The highest BCUT2D eigenvalue weighted by molar-refractivity contribution is 5.78. The SMILES string of the molecule is Cc1nn(C)cc1CN1CC(=O)N(CC2CCOCC2)C[C@@H](OCc2ccccc2)C1. The van der Waals surface area contributed by atoms with Crippen LogP contribution in [0.15, 0.2) is 36.5 Å². The molecule has 4 rings (SSSR count). The lowest BCUT2D eigenvalue weighted by atomic mass is 9.99. The van der Waals surface area contributed by atoms with Crippen LogP contribution in [0.2, 0.25) is 0 Å². The Morgan fingerprint density at radius 3 is 2.65 bits per heavy atom. The summed E-state index contributed by atoms with van der Waals surface area (Å²) in [6, 6.07) is 10.2. The molecule has 2 fully saturated rings. The van der Waals surface area contributed by atoms with Crippen LogP contribution in [0.5, 0.6) is 0 Å². The Kier molecular flexibility index (Phi) is 7.37. The molecule has 1 atom stereocenters. The fourth-order valence-corrected chi connectivity index (χ4v) is 4.53. The first-order valence-corrected chi connectivity index (χ1v) is 11.3. The first kappa shape index (κ1) is 22.0. The first-order valence-electron chi connectivity index (χ1n) is 11.3. The Hall–Kier alpha value is -2.22. The summed E-state index contributed by atoms with van der Waals surface area (Å²) in [5.74, 6) is 0.707. The zero-order chi connectivity index (χ0) is 21.6. The van der Waals surface area contributed by atoms with Gasteiger partial charge in [0.2, 0.25) is 5.91 Å². The minimum Gasteiger partial charge on any atom is -0.381 e. The van der Waals surface area contributed by atoms with Crippen LogP contribution in [0.4, 0.5) is 0 Å². The van der Waals surface area contributed by atoms with Gasteiger partial charge in [0.1, 0.15) is 0 Å². The van der Waals surface area contributed by atoms with Crippen LogP contribution in [-0.4, -0.2) is 71.0 Å². The van der Waals surface area contributed by atoms with Gasteiger partial charge in [-0.1, -0.05) is 30.3 Å². The number of benzene rings is 1. The number of nitrogens with zero attached hydrogens (tertiary/aromatic N) is 4. The second-order valence-corrected chi connectivity index (χ2v) is 8.86. The van der Waals surface area contributed by atoms with Crippen LogP contribution in [-0.2, 0) is 34.5 Å². The van der Waals surface area contributed by atoms with Gasteiger partial charge in [0, 0.05) is 58.2 Å². The normalized spacial score (nSPS) is 21.4. The van der Waals surface area contributed by atoms with Crippen LogP contribution in [0.1, 0.15) is 29.7 Å². The zero-order valence-electron chi connectivity index (χ0n) is 18.7. The molecule has 31 heavy (non-hydrogen) atoms. The van der Waals surface area contributed by atoms with Crippen LogP contribution in [0, 0.1) is 12.8 Å². The minimum absolute atomic E-state index is 0.0246. The Bertz CT molecular complexity index is 848. The lowest BCUT2D eigenvalue weighted by Gasteiger charge is -2.30. The topological polar surface area (TPSA) is 59.8 Å². The molecule has 2 aromatic rings. The lowest BCUT2D eigenvalue weighted by Crippen LogP contribution is -2.42. The van der Waals surface area contributed by atoms with Crippen molar-refractivity contribution in [3.05, 3.63) is 53.3 Å². The van der Waals surface area contributed by atoms with E-state index in [-0.39, 0.29) is 12.0 Å². The third-order valence-corrected chi connectivity index (χ3v) is 6.25. The number of ether oxygens (including phenoxy) is 2. The molecule has 0 bridgehead atoms. The van der Waals surface area contributed by atoms with Crippen molar-refractivity contribution in [2.75, 3.05) is 39.4 Å². The number of carbonyl (C=O) groups is 1. The van der Waals surface area contributed by atoms with Crippen LogP contribution < -0.4 is 0 Å². The molecule has 0 aliphatic carbocycles. The number of aromatic nitrogens is 2. The van der Waals surface area contributed by atoms with E-state index in [1.54, 1.807) is 0 Å². The van der Waals surface area contributed by atoms with Crippen LogP contribution in [0.3, 0.4) is 0 Å². The van der Waals surface area contributed by atoms with E-state index in [9.17, 15) is 4.79 Å². The van der Waals surface area contributed by atoms with E-state index in [0.717, 1.165) is 56.0 Å². The van der Waals surface area contributed by atoms with Gasteiger partial charge in [-0.25, -0.2) is 0 Å². The summed E-state index contributed by atoms with van der Waals surface area (Å²) in [5.41, 5.74) is 3.33. The summed E-state index contributed by atoms with van der Waals surface area (Å²) < 4.78 is 13.7. The smallest absolute Gasteiger partial charge is 0.236 e. The molecule has 0 N–H and O–H groups in total. The number of amides is 1. The molecule has 0 radical (unpaired) electrons. The van der Waals surface area contributed by atoms with Crippen molar-refractivity contribution in [2.24, 2.45) is 13.0 Å². The highest BCUT2D eigenvalue weighted by Crippen LogP contribution is 2.20. The van der Waals surface area contributed by atoms with Crippen molar-refractivity contribution < 1.29 is 14.3 Å². The number of hydrogen-bond acceptors (Lipinski definition) is 5. The van der Waals surface area contributed by atoms with Crippen molar-refractivity contribution in [2.45, 2.75) is 39.0 Å². The maximum atomic E-state index is 13.2. The average molecular weight is 427 g/mol. The summed E-state index contributed by atoms with van der Waals surface area (Å²) in [7, 11) is 1.94. The molecule has 3 heterocycles. The van der Waals surface area contributed by atoms with Gasteiger partial charge in [0.25, 0.3) is 0 Å². The molecule has 1 aromatic heterocycles. The van der Waals surface area contributed by atoms with Gasteiger partial charge in [0.05, 0.1) is 24.9 Å². The molecule has 2 aliphatic rings. The summed E-state index contributed by atoms with van der Waals surface area (Å²) in [5, 5.41) is 4.46. The quantitative estimate of drug-likeness (QED) is 0.680. The standard InChI is InChI=1S/C24H34N4O3/c1-19-22(13-26(2)25-19)14-27-15-23(31-18-21-6-4-3-5-7-21)16-28(24(29)17-27)12-20-8-10-30-11-9-20/h3-7,13,20,23H,8-12,14-18H2,1-2H3/t23-/m0/s1. The summed E-state index contributed by atoms with van der Waals surface area (Å²) >= 11 is 0. The Morgan fingerprint density at radius 1 is 1.16 bits per heavy atom. The van der Waals surface area contributed by atoms with E-state index in [2.05, 4.69) is 22.1 Å². The lowest BCUT2D eigenvalue weighted by molar-refractivity contribution is -0.133. The van der Waals surface area contributed by atoms with Gasteiger partial charge in [-0.05, 0) is 31.2 Å². The molecular formula is C24H34N4O3. The minimum atomic E-state index is -0.0246. The van der Waals surface area contributed by atoms with Gasteiger partial charge < -0.3 is 14.4 Å². The second-order valence-electron chi connectivity index (χ2n) is 8.86. The highest BCUT2D eigenvalue weighted by atomic mass is 16.5. The van der Waals surface area contributed by atoms with Gasteiger partial charge in [-0.2, -0.15) is 5.10 Å². The fraction of sp³-hybridized carbons (Fsp3) is 0.583. The maximum Gasteiger partial charge on any atom is 0.236 e. The van der Waals surface area contributed by atoms with E-state index in [1.165, 1.54) is 0 Å². The van der Waals surface area contributed by atoms with Crippen molar-refractivity contribution in [1.29, 1.82) is 0 Å². The molecule has 7 nitrogen and oxygen atoms in total. The summed E-state index contributed by atoms with van der Waals surface area (Å²) in [4.78, 5) is 17.4. The molecule has 0 unspecified atom stereocenters. The van der Waals surface area contributed by atoms with Crippen molar-refractivity contribution in [3.63, 3.8) is 0 Å². The zero-order valence-corrected chi connectivity index (χ0v) is 18.7. The first-order chi connectivity index (χ1) is 15.1. The van der Waals surface area contributed by atoms with E-state index in [1.807, 2.05) is 47.9 Å². The molecule has 2 aliphatic heterocycles. The molecule has 0 spiro atoms.